The molecule has 1 aromatic carbocycles. The van der Waals surface area contributed by atoms with Gasteiger partial charge >= 0.3 is 18.9 Å². The Bertz CT molecular complexity index is 283. The Labute approximate surface area is 76.1 Å². The van der Waals surface area contributed by atoms with E-state index in [0.29, 0.717) is 0 Å². The average Bonchev–Trinajstić information content (AvgIpc) is 2.33. The zero-order valence-electron chi connectivity index (χ0n) is 4.79. The molecule has 1 aromatic heterocycles. The molecule has 0 amide bonds. The molecule has 45 valence electrons. The van der Waals surface area contributed by atoms with E-state index in [4.69, 9.17) is 0 Å². The minimum Gasteiger partial charge on any atom is -0.142 e. The molecule has 0 N–H and O–H groups in total. The van der Waals surface area contributed by atoms with Crippen molar-refractivity contribution in [1.82, 2.24) is 0 Å². The van der Waals surface area contributed by atoms with Gasteiger partial charge in [0.1, 0.15) is 0 Å². The summed E-state index contributed by atoms with van der Waals surface area (Å²) in [6.07, 6.45) is 0. The fourth-order valence-electron chi connectivity index (χ4n) is 0.849. The standard InChI is InChI=1S/C8H5S.Li.H/c1-2-4-8-6-9-5-7(8)3-1;;/h1-5H;;. The SMILES string of the molecule is [LiH].[c]1scc2ccccc12. The Balaban J connectivity index is 0.000000500. The van der Waals surface area contributed by atoms with E-state index in [1.165, 1.54) is 10.8 Å². The minimum absolute atomic E-state index is 0. The van der Waals surface area contributed by atoms with Gasteiger partial charge in [-0.05, 0) is 10.8 Å². The maximum absolute atomic E-state index is 3.16. The molecule has 0 aliphatic carbocycles. The van der Waals surface area contributed by atoms with Crippen molar-refractivity contribution in [3.63, 3.8) is 0 Å². The molecule has 10 heavy (non-hydrogen) atoms. The predicted molar refractivity (Wildman–Crippen MR) is 47.8 cm³/mol. The van der Waals surface area contributed by atoms with Crippen LogP contribution in [-0.2, 0) is 0 Å². The van der Waals surface area contributed by atoms with Gasteiger partial charge in [0.2, 0.25) is 0 Å². The monoisotopic (exact) mass is 141 g/mol. The van der Waals surface area contributed by atoms with Crippen molar-refractivity contribution in [3.8, 4) is 0 Å². The summed E-state index contributed by atoms with van der Waals surface area (Å²) >= 11 is 1.63. The molecule has 1 heterocycles. The van der Waals surface area contributed by atoms with Gasteiger partial charge in [-0.1, -0.05) is 24.3 Å². The van der Waals surface area contributed by atoms with Crippen LogP contribution in [0.3, 0.4) is 0 Å². The largest absolute Gasteiger partial charge is 0.142 e. The molecule has 2 rings (SSSR count). The summed E-state index contributed by atoms with van der Waals surface area (Å²) in [6.45, 7) is 0. The molecule has 0 aliphatic rings. The Hall–Kier alpha value is -0.223. The van der Waals surface area contributed by atoms with Crippen molar-refractivity contribution >= 4 is 41.0 Å². The van der Waals surface area contributed by atoms with Gasteiger partial charge in [0, 0.05) is 5.39 Å². The molecule has 1 radical (unpaired) electrons. The van der Waals surface area contributed by atoms with Crippen LogP contribution in [0, 0.1) is 5.38 Å². The Morgan fingerprint density at radius 2 is 2.00 bits per heavy atom. The maximum atomic E-state index is 3.16. The van der Waals surface area contributed by atoms with E-state index < -0.39 is 0 Å². The van der Waals surface area contributed by atoms with E-state index in [-0.39, 0.29) is 18.9 Å². The average molecular weight is 141 g/mol. The molecule has 2 aromatic rings. The molecular formula is C8H6LiS. The van der Waals surface area contributed by atoms with Crippen molar-refractivity contribution < 1.29 is 0 Å². The number of fused-ring (bicyclic) bond motifs is 1. The third-order valence-electron chi connectivity index (χ3n) is 1.32. The van der Waals surface area contributed by atoms with Crippen LogP contribution in [-0.4, -0.2) is 18.9 Å². The summed E-state index contributed by atoms with van der Waals surface area (Å²) < 4.78 is 0. The second kappa shape index (κ2) is 3.25. The van der Waals surface area contributed by atoms with E-state index >= 15 is 0 Å². The van der Waals surface area contributed by atoms with Crippen LogP contribution in [0.15, 0.2) is 29.6 Å². The van der Waals surface area contributed by atoms with E-state index in [9.17, 15) is 0 Å². The molecule has 0 bridgehead atoms. The molecule has 0 spiro atoms. The van der Waals surface area contributed by atoms with Gasteiger partial charge in [-0.25, -0.2) is 0 Å². The predicted octanol–water partition coefficient (Wildman–Crippen LogP) is 2.05. The first-order valence-corrected chi connectivity index (χ1v) is 3.69. The fourth-order valence-corrected chi connectivity index (χ4v) is 1.55. The summed E-state index contributed by atoms with van der Waals surface area (Å²) in [4.78, 5) is 0. The third kappa shape index (κ3) is 1.27. The third-order valence-corrected chi connectivity index (χ3v) is 2.03. The molecule has 0 saturated carbocycles. The number of rotatable bonds is 0. The summed E-state index contributed by atoms with van der Waals surface area (Å²) in [5.74, 6) is 0. The topological polar surface area (TPSA) is 0 Å². The number of hydrogen-bond donors (Lipinski definition) is 0. The van der Waals surface area contributed by atoms with Gasteiger partial charge in [0.25, 0.3) is 0 Å². The number of thiophene rings is 1. The van der Waals surface area contributed by atoms with Crippen LogP contribution >= 0.6 is 11.3 Å². The van der Waals surface area contributed by atoms with Crippen molar-refractivity contribution in [2.45, 2.75) is 0 Å². The van der Waals surface area contributed by atoms with E-state index in [2.05, 4.69) is 22.9 Å². The first-order chi connectivity index (χ1) is 4.47. The molecule has 0 nitrogen and oxygen atoms in total. The Morgan fingerprint density at radius 3 is 2.80 bits per heavy atom. The number of hydrogen-bond acceptors (Lipinski definition) is 1. The van der Waals surface area contributed by atoms with Crippen LogP contribution in [0.4, 0.5) is 0 Å². The van der Waals surface area contributed by atoms with Crippen LogP contribution in [0.25, 0.3) is 10.8 Å². The van der Waals surface area contributed by atoms with E-state index in [0.717, 1.165) is 0 Å². The van der Waals surface area contributed by atoms with Gasteiger partial charge < -0.3 is 0 Å². The summed E-state index contributed by atoms with van der Waals surface area (Å²) in [7, 11) is 0. The molecule has 0 saturated heterocycles. The van der Waals surface area contributed by atoms with E-state index in [1.807, 2.05) is 12.1 Å². The van der Waals surface area contributed by atoms with Gasteiger partial charge in [0.15, 0.2) is 0 Å². The van der Waals surface area contributed by atoms with Crippen molar-refractivity contribution in [3.05, 3.63) is 35.0 Å². The Kier molecular flexibility index (Phi) is 2.56. The molecule has 0 atom stereocenters. The Morgan fingerprint density at radius 1 is 1.20 bits per heavy atom. The van der Waals surface area contributed by atoms with Crippen molar-refractivity contribution in [2.75, 3.05) is 0 Å². The van der Waals surface area contributed by atoms with Gasteiger partial charge in [0.05, 0.1) is 5.38 Å². The second-order valence-corrected chi connectivity index (χ2v) is 2.60. The molecular weight excluding hydrogens is 135 g/mol. The van der Waals surface area contributed by atoms with Gasteiger partial charge in [-0.3, -0.25) is 0 Å². The maximum Gasteiger partial charge on any atom is 0.0527 e. The van der Waals surface area contributed by atoms with E-state index in [1.54, 1.807) is 11.3 Å². The van der Waals surface area contributed by atoms with Crippen LogP contribution in [0.2, 0.25) is 0 Å². The summed E-state index contributed by atoms with van der Waals surface area (Å²) in [5, 5.41) is 7.79. The van der Waals surface area contributed by atoms with Crippen molar-refractivity contribution in [1.29, 1.82) is 0 Å². The minimum atomic E-state index is 0. The number of benzene rings is 1. The quantitative estimate of drug-likeness (QED) is 0.492. The van der Waals surface area contributed by atoms with Gasteiger partial charge in [-0.15, -0.1) is 11.3 Å². The first kappa shape index (κ1) is 7.88. The summed E-state index contributed by atoms with van der Waals surface area (Å²) in [5.41, 5.74) is 0. The second-order valence-electron chi connectivity index (χ2n) is 1.93. The smallest absolute Gasteiger partial charge is 0.0527 e. The molecule has 0 aliphatic heterocycles. The van der Waals surface area contributed by atoms with Crippen LogP contribution in [0.5, 0.6) is 0 Å². The van der Waals surface area contributed by atoms with Crippen LogP contribution < -0.4 is 0 Å². The summed E-state index contributed by atoms with van der Waals surface area (Å²) in [6, 6.07) is 8.25. The van der Waals surface area contributed by atoms with Gasteiger partial charge in [-0.2, -0.15) is 0 Å². The zero-order chi connectivity index (χ0) is 6.10. The van der Waals surface area contributed by atoms with Crippen LogP contribution in [0.1, 0.15) is 0 Å². The first-order valence-electron chi connectivity index (χ1n) is 2.81. The normalized spacial score (nSPS) is 9.20. The van der Waals surface area contributed by atoms with Crippen molar-refractivity contribution in [2.24, 2.45) is 0 Å². The molecule has 2 heteroatoms. The zero-order valence-corrected chi connectivity index (χ0v) is 5.61. The fraction of sp³-hybridized carbons (Fsp3) is 0. The molecule has 0 unspecified atom stereocenters. The molecule has 0 fully saturated rings.